The molecule has 0 atom stereocenters. The van der Waals surface area contributed by atoms with Crippen LogP contribution in [0, 0.1) is 5.92 Å². The minimum Gasteiger partial charge on any atom is -0.273 e. The lowest BCUT2D eigenvalue weighted by Gasteiger charge is -2.07. The van der Waals surface area contributed by atoms with Gasteiger partial charge in [0, 0.05) is 5.92 Å². The lowest BCUT2D eigenvalue weighted by atomic mass is 10.3. The Balaban J connectivity index is 1.96. The van der Waals surface area contributed by atoms with Crippen LogP contribution in [0.1, 0.15) is 32.1 Å². The van der Waals surface area contributed by atoms with Crippen LogP contribution in [0.5, 0.6) is 0 Å². The molecule has 5 nitrogen and oxygen atoms in total. The summed E-state index contributed by atoms with van der Waals surface area (Å²) < 4.78 is 27.4. The number of imidazole rings is 1. The first-order valence-electron chi connectivity index (χ1n) is 6.67. The van der Waals surface area contributed by atoms with Crippen molar-refractivity contribution >= 4 is 22.7 Å². The minimum absolute atomic E-state index is 0.00969. The van der Waals surface area contributed by atoms with E-state index in [1.807, 2.05) is 0 Å². The highest BCUT2D eigenvalue weighted by molar-refractivity contribution is 5.99. The summed E-state index contributed by atoms with van der Waals surface area (Å²) in [4.78, 5) is 15.7. The van der Waals surface area contributed by atoms with Gasteiger partial charge in [0.05, 0.1) is 11.0 Å². The summed E-state index contributed by atoms with van der Waals surface area (Å²) in [7, 11) is 0. The van der Waals surface area contributed by atoms with Gasteiger partial charge in [0.1, 0.15) is 5.71 Å². The van der Waals surface area contributed by atoms with Crippen molar-refractivity contribution in [2.45, 2.75) is 26.3 Å². The standard InChI is InChI=1S/C14H14F2N4O/c1-8(18-19-13(21)9-6-7-9)12-17-10-4-2-3-5-11(10)20(12)14(15)16/h2-5,9,14H,6-7H2,1H3,(H,19,21). The highest BCUT2D eigenvalue weighted by Gasteiger charge is 2.29. The number of alkyl halides is 2. The molecule has 1 saturated carbocycles. The van der Waals surface area contributed by atoms with Crippen molar-refractivity contribution in [3.8, 4) is 0 Å². The van der Waals surface area contributed by atoms with Crippen LogP contribution in [0.3, 0.4) is 0 Å². The smallest absolute Gasteiger partial charge is 0.273 e. The molecule has 1 aliphatic carbocycles. The van der Waals surface area contributed by atoms with E-state index in [1.165, 1.54) is 0 Å². The van der Waals surface area contributed by atoms with E-state index >= 15 is 0 Å². The number of aromatic nitrogens is 2. The Morgan fingerprint density at radius 3 is 2.81 bits per heavy atom. The number of carbonyl (C=O) groups is 1. The number of para-hydroxylation sites is 2. The van der Waals surface area contributed by atoms with Crippen molar-refractivity contribution in [3.05, 3.63) is 30.1 Å². The first-order valence-corrected chi connectivity index (χ1v) is 6.67. The SMILES string of the molecule is CC(=NNC(=O)C1CC1)c1nc2ccccc2n1C(F)F. The fraction of sp³-hybridized carbons (Fsp3) is 0.357. The van der Waals surface area contributed by atoms with Gasteiger partial charge in [0.25, 0.3) is 0 Å². The maximum absolute atomic E-state index is 13.3. The first-order chi connectivity index (χ1) is 10.1. The highest BCUT2D eigenvalue weighted by Crippen LogP contribution is 2.28. The predicted octanol–water partition coefficient (Wildman–Crippen LogP) is 2.68. The largest absolute Gasteiger partial charge is 0.320 e. The quantitative estimate of drug-likeness (QED) is 0.695. The van der Waals surface area contributed by atoms with E-state index in [1.54, 1.807) is 31.2 Å². The Hall–Kier alpha value is -2.31. The molecule has 2 aromatic rings. The van der Waals surface area contributed by atoms with Crippen LogP contribution in [0.25, 0.3) is 11.0 Å². The van der Waals surface area contributed by atoms with Crippen LogP contribution in [-0.2, 0) is 4.79 Å². The second kappa shape index (κ2) is 5.23. The van der Waals surface area contributed by atoms with Gasteiger partial charge < -0.3 is 0 Å². The van der Waals surface area contributed by atoms with Crippen molar-refractivity contribution in [2.75, 3.05) is 0 Å². The fourth-order valence-electron chi connectivity index (χ4n) is 2.12. The molecule has 0 saturated heterocycles. The van der Waals surface area contributed by atoms with Gasteiger partial charge in [0.2, 0.25) is 5.91 Å². The second-order valence-corrected chi connectivity index (χ2v) is 5.02. The molecule has 0 radical (unpaired) electrons. The number of nitrogens with zero attached hydrogens (tertiary/aromatic N) is 3. The Labute approximate surface area is 119 Å². The number of nitrogens with one attached hydrogen (secondary N) is 1. The molecule has 1 aromatic heterocycles. The van der Waals surface area contributed by atoms with Crippen molar-refractivity contribution in [1.82, 2.24) is 15.0 Å². The van der Waals surface area contributed by atoms with Gasteiger partial charge >= 0.3 is 6.55 Å². The number of rotatable bonds is 4. The maximum atomic E-state index is 13.3. The molecule has 1 heterocycles. The average molecular weight is 292 g/mol. The molecular formula is C14H14F2N4O. The molecule has 110 valence electrons. The van der Waals surface area contributed by atoms with Crippen molar-refractivity contribution in [2.24, 2.45) is 11.0 Å². The topological polar surface area (TPSA) is 59.3 Å². The van der Waals surface area contributed by atoms with E-state index in [-0.39, 0.29) is 23.4 Å². The summed E-state index contributed by atoms with van der Waals surface area (Å²) in [6.07, 6.45) is 1.71. The predicted molar refractivity (Wildman–Crippen MR) is 74.1 cm³/mol. The number of hydrazone groups is 1. The normalized spacial score (nSPS) is 15.7. The molecule has 1 N–H and O–H groups in total. The monoisotopic (exact) mass is 292 g/mol. The number of fused-ring (bicyclic) bond motifs is 1. The van der Waals surface area contributed by atoms with Crippen molar-refractivity contribution in [3.63, 3.8) is 0 Å². The highest BCUT2D eigenvalue weighted by atomic mass is 19.3. The molecule has 1 amide bonds. The summed E-state index contributed by atoms with van der Waals surface area (Å²) in [6.45, 7) is -1.18. The van der Waals surface area contributed by atoms with Crippen LogP contribution in [0.15, 0.2) is 29.4 Å². The molecule has 7 heteroatoms. The molecule has 0 spiro atoms. The Morgan fingerprint density at radius 1 is 1.43 bits per heavy atom. The van der Waals surface area contributed by atoms with Gasteiger partial charge in [-0.25, -0.2) is 10.4 Å². The molecule has 1 aliphatic rings. The van der Waals surface area contributed by atoms with E-state index in [4.69, 9.17) is 0 Å². The lowest BCUT2D eigenvalue weighted by molar-refractivity contribution is -0.122. The summed E-state index contributed by atoms with van der Waals surface area (Å²) in [6, 6.07) is 6.64. The molecule has 21 heavy (non-hydrogen) atoms. The number of benzene rings is 1. The molecule has 0 aliphatic heterocycles. The molecule has 0 bridgehead atoms. The third-order valence-corrected chi connectivity index (χ3v) is 3.40. The Morgan fingerprint density at radius 2 is 2.14 bits per heavy atom. The second-order valence-electron chi connectivity index (χ2n) is 5.02. The van der Waals surface area contributed by atoms with Crippen molar-refractivity contribution < 1.29 is 13.6 Å². The number of amides is 1. The number of hydrogen-bond acceptors (Lipinski definition) is 3. The first kappa shape index (κ1) is 13.7. The van der Waals surface area contributed by atoms with Gasteiger partial charge in [-0.05, 0) is 31.9 Å². The van der Waals surface area contributed by atoms with Gasteiger partial charge in [-0.1, -0.05) is 12.1 Å². The zero-order chi connectivity index (χ0) is 15.0. The van der Waals surface area contributed by atoms with E-state index in [0.717, 1.165) is 17.4 Å². The van der Waals surface area contributed by atoms with Crippen LogP contribution in [0.2, 0.25) is 0 Å². The third-order valence-electron chi connectivity index (χ3n) is 3.40. The fourth-order valence-corrected chi connectivity index (χ4v) is 2.12. The van der Waals surface area contributed by atoms with E-state index in [2.05, 4.69) is 15.5 Å². The Bertz CT molecular complexity index is 719. The Kier molecular flexibility index (Phi) is 3.40. The average Bonchev–Trinajstić information content (AvgIpc) is 3.23. The van der Waals surface area contributed by atoms with Gasteiger partial charge in [-0.2, -0.15) is 13.9 Å². The van der Waals surface area contributed by atoms with Gasteiger partial charge in [-0.15, -0.1) is 0 Å². The molecular weight excluding hydrogens is 278 g/mol. The summed E-state index contributed by atoms with van der Waals surface area (Å²) in [5.41, 5.74) is 3.46. The summed E-state index contributed by atoms with van der Waals surface area (Å²) in [5, 5.41) is 3.89. The van der Waals surface area contributed by atoms with E-state index in [9.17, 15) is 13.6 Å². The molecule has 0 unspecified atom stereocenters. The van der Waals surface area contributed by atoms with Crippen LogP contribution >= 0.6 is 0 Å². The van der Waals surface area contributed by atoms with E-state index < -0.39 is 6.55 Å². The lowest BCUT2D eigenvalue weighted by Crippen LogP contribution is -2.22. The van der Waals surface area contributed by atoms with Crippen molar-refractivity contribution in [1.29, 1.82) is 0 Å². The minimum atomic E-state index is -2.73. The number of hydrogen-bond donors (Lipinski definition) is 1. The van der Waals surface area contributed by atoms with E-state index in [0.29, 0.717) is 11.0 Å². The van der Waals surface area contributed by atoms with Crippen LogP contribution < -0.4 is 5.43 Å². The van der Waals surface area contributed by atoms with Gasteiger partial charge in [-0.3, -0.25) is 9.36 Å². The van der Waals surface area contributed by atoms with Gasteiger partial charge in [0.15, 0.2) is 5.82 Å². The van der Waals surface area contributed by atoms with Crippen LogP contribution in [0.4, 0.5) is 8.78 Å². The number of carbonyl (C=O) groups excluding carboxylic acids is 1. The zero-order valence-corrected chi connectivity index (χ0v) is 11.4. The van der Waals surface area contributed by atoms with Crippen LogP contribution in [-0.4, -0.2) is 21.2 Å². The zero-order valence-electron chi connectivity index (χ0n) is 11.4. The summed E-state index contributed by atoms with van der Waals surface area (Å²) >= 11 is 0. The maximum Gasteiger partial charge on any atom is 0.320 e. The summed E-state index contributed by atoms with van der Waals surface area (Å²) in [5.74, 6) is -0.105. The number of halogens is 2. The third kappa shape index (κ3) is 2.63. The molecule has 1 fully saturated rings. The molecule has 1 aromatic carbocycles. The molecule has 3 rings (SSSR count).